The van der Waals surface area contributed by atoms with Crippen molar-refractivity contribution >= 4 is 5.78 Å². The van der Waals surface area contributed by atoms with Gasteiger partial charge in [0.15, 0.2) is 0 Å². The van der Waals surface area contributed by atoms with E-state index < -0.39 is 0 Å². The van der Waals surface area contributed by atoms with Crippen LogP contribution in [0.25, 0.3) is 0 Å². The highest BCUT2D eigenvalue weighted by atomic mass is 16.5. The molecule has 0 spiro atoms. The Labute approximate surface area is 110 Å². The molecule has 0 unspecified atom stereocenters. The summed E-state index contributed by atoms with van der Waals surface area (Å²) in [5, 5.41) is 0. The van der Waals surface area contributed by atoms with Crippen LogP contribution in [-0.2, 0) is 11.2 Å². The van der Waals surface area contributed by atoms with E-state index in [2.05, 4.69) is 19.1 Å². The van der Waals surface area contributed by atoms with Crippen molar-refractivity contribution in [2.24, 2.45) is 0 Å². The van der Waals surface area contributed by atoms with Crippen molar-refractivity contribution in [1.82, 2.24) is 0 Å². The summed E-state index contributed by atoms with van der Waals surface area (Å²) in [5.74, 6) is 1.24. The lowest BCUT2D eigenvalue weighted by Gasteiger charge is -2.07. The van der Waals surface area contributed by atoms with Gasteiger partial charge in [0, 0.05) is 12.8 Å². The molecule has 1 aromatic carbocycles. The van der Waals surface area contributed by atoms with E-state index in [1.54, 1.807) is 0 Å². The van der Waals surface area contributed by atoms with Gasteiger partial charge in [0.1, 0.15) is 11.5 Å². The standard InChI is InChI=1S/C16H24O2/c1-3-5-8-14-9-6-11-16(13-14)18-12-7-10-15(17)4-2/h6,9,11,13H,3-5,7-8,10,12H2,1-2H3. The molecule has 0 radical (unpaired) electrons. The van der Waals surface area contributed by atoms with Gasteiger partial charge >= 0.3 is 0 Å². The quantitative estimate of drug-likeness (QED) is 0.613. The van der Waals surface area contributed by atoms with Gasteiger partial charge in [0.2, 0.25) is 0 Å². The monoisotopic (exact) mass is 248 g/mol. The third kappa shape index (κ3) is 5.85. The number of hydrogen-bond donors (Lipinski definition) is 0. The Balaban J connectivity index is 2.31. The maximum Gasteiger partial charge on any atom is 0.132 e. The minimum atomic E-state index is 0.315. The van der Waals surface area contributed by atoms with Crippen molar-refractivity contribution in [3.05, 3.63) is 29.8 Å². The molecule has 0 atom stereocenters. The molecule has 0 amide bonds. The number of hydrogen-bond acceptors (Lipinski definition) is 2. The summed E-state index contributed by atoms with van der Waals surface area (Å²) in [6.45, 7) is 4.73. The summed E-state index contributed by atoms with van der Waals surface area (Å²) in [6.07, 6.45) is 5.62. The number of carbonyl (C=O) groups excluding carboxylic acids is 1. The van der Waals surface area contributed by atoms with E-state index in [-0.39, 0.29) is 0 Å². The van der Waals surface area contributed by atoms with Crippen molar-refractivity contribution in [3.63, 3.8) is 0 Å². The Morgan fingerprint density at radius 1 is 1.22 bits per heavy atom. The fourth-order valence-corrected chi connectivity index (χ4v) is 1.81. The second-order valence-electron chi connectivity index (χ2n) is 4.60. The highest BCUT2D eigenvalue weighted by molar-refractivity contribution is 5.77. The molecule has 0 saturated heterocycles. The van der Waals surface area contributed by atoms with Gasteiger partial charge in [-0.1, -0.05) is 32.4 Å². The molecule has 0 aliphatic rings. The second kappa shape index (κ2) is 8.73. The van der Waals surface area contributed by atoms with Crippen LogP contribution in [0.1, 0.15) is 51.5 Å². The van der Waals surface area contributed by atoms with Crippen LogP contribution in [0.2, 0.25) is 0 Å². The lowest BCUT2D eigenvalue weighted by molar-refractivity contribution is -0.118. The Hall–Kier alpha value is -1.31. The van der Waals surface area contributed by atoms with Crippen molar-refractivity contribution in [2.75, 3.05) is 6.61 Å². The summed E-state index contributed by atoms with van der Waals surface area (Å²) >= 11 is 0. The fourth-order valence-electron chi connectivity index (χ4n) is 1.81. The molecule has 1 rings (SSSR count). The van der Waals surface area contributed by atoms with Gasteiger partial charge in [-0.2, -0.15) is 0 Å². The van der Waals surface area contributed by atoms with Crippen LogP contribution in [0.4, 0.5) is 0 Å². The minimum absolute atomic E-state index is 0.315. The molecule has 0 aromatic heterocycles. The van der Waals surface area contributed by atoms with Crippen LogP contribution in [0, 0.1) is 0 Å². The van der Waals surface area contributed by atoms with Gasteiger partial charge in [-0.15, -0.1) is 0 Å². The van der Waals surface area contributed by atoms with Crippen molar-refractivity contribution in [3.8, 4) is 5.75 Å². The zero-order valence-electron chi connectivity index (χ0n) is 11.6. The first-order chi connectivity index (χ1) is 8.76. The van der Waals surface area contributed by atoms with E-state index in [1.165, 1.54) is 18.4 Å². The van der Waals surface area contributed by atoms with E-state index in [4.69, 9.17) is 4.74 Å². The van der Waals surface area contributed by atoms with Crippen LogP contribution < -0.4 is 4.74 Å². The van der Waals surface area contributed by atoms with Crippen molar-refractivity contribution in [1.29, 1.82) is 0 Å². The number of carbonyl (C=O) groups is 1. The van der Waals surface area contributed by atoms with Crippen LogP contribution in [0.3, 0.4) is 0 Å². The normalized spacial score (nSPS) is 10.3. The summed E-state index contributed by atoms with van der Waals surface area (Å²) < 4.78 is 5.67. The molecule has 100 valence electrons. The number of unbranched alkanes of at least 4 members (excludes halogenated alkanes) is 1. The van der Waals surface area contributed by atoms with E-state index in [0.717, 1.165) is 18.6 Å². The van der Waals surface area contributed by atoms with E-state index in [9.17, 15) is 4.79 Å². The van der Waals surface area contributed by atoms with Crippen LogP contribution >= 0.6 is 0 Å². The summed E-state index contributed by atoms with van der Waals surface area (Å²) in [6, 6.07) is 8.27. The number of Topliss-reactive ketones (excluding diaryl/α,β-unsaturated/α-hetero) is 1. The average molecular weight is 248 g/mol. The third-order valence-electron chi connectivity index (χ3n) is 2.98. The zero-order valence-corrected chi connectivity index (χ0v) is 11.6. The molecule has 0 saturated carbocycles. The molecule has 0 bridgehead atoms. The van der Waals surface area contributed by atoms with Crippen LogP contribution in [0.15, 0.2) is 24.3 Å². The van der Waals surface area contributed by atoms with Crippen LogP contribution in [-0.4, -0.2) is 12.4 Å². The fraction of sp³-hybridized carbons (Fsp3) is 0.562. The number of aryl methyl sites for hydroxylation is 1. The first kappa shape index (κ1) is 14.7. The number of rotatable bonds is 9. The Bertz CT molecular complexity index is 358. The highest BCUT2D eigenvalue weighted by Crippen LogP contribution is 2.15. The first-order valence-corrected chi connectivity index (χ1v) is 6.99. The highest BCUT2D eigenvalue weighted by Gasteiger charge is 2.00. The summed E-state index contributed by atoms with van der Waals surface area (Å²) in [5.41, 5.74) is 1.33. The topological polar surface area (TPSA) is 26.3 Å². The predicted molar refractivity (Wildman–Crippen MR) is 75.1 cm³/mol. The van der Waals surface area contributed by atoms with Gasteiger partial charge in [-0.3, -0.25) is 4.79 Å². The van der Waals surface area contributed by atoms with E-state index in [0.29, 0.717) is 25.2 Å². The number of benzene rings is 1. The molecule has 0 aliphatic heterocycles. The largest absolute Gasteiger partial charge is 0.494 e. The lowest BCUT2D eigenvalue weighted by atomic mass is 10.1. The molecular formula is C16H24O2. The maximum absolute atomic E-state index is 11.1. The van der Waals surface area contributed by atoms with Crippen molar-refractivity contribution in [2.45, 2.75) is 52.4 Å². The predicted octanol–water partition coefficient (Wildman–Crippen LogP) is 4.17. The molecule has 0 aliphatic carbocycles. The van der Waals surface area contributed by atoms with Gasteiger partial charge in [0.05, 0.1) is 6.61 Å². The van der Waals surface area contributed by atoms with Gasteiger partial charge in [0.25, 0.3) is 0 Å². The summed E-state index contributed by atoms with van der Waals surface area (Å²) in [7, 11) is 0. The van der Waals surface area contributed by atoms with Gasteiger partial charge in [-0.25, -0.2) is 0 Å². The van der Waals surface area contributed by atoms with E-state index >= 15 is 0 Å². The Morgan fingerprint density at radius 2 is 2.06 bits per heavy atom. The third-order valence-corrected chi connectivity index (χ3v) is 2.98. The first-order valence-electron chi connectivity index (χ1n) is 6.99. The SMILES string of the molecule is CCCCc1cccc(OCCCC(=O)CC)c1. The van der Waals surface area contributed by atoms with Gasteiger partial charge < -0.3 is 4.74 Å². The summed E-state index contributed by atoms with van der Waals surface area (Å²) in [4.78, 5) is 11.1. The lowest BCUT2D eigenvalue weighted by Crippen LogP contribution is -2.02. The molecule has 0 N–H and O–H groups in total. The molecule has 18 heavy (non-hydrogen) atoms. The van der Waals surface area contributed by atoms with Gasteiger partial charge in [-0.05, 0) is 37.0 Å². The van der Waals surface area contributed by atoms with Crippen LogP contribution in [0.5, 0.6) is 5.75 Å². The minimum Gasteiger partial charge on any atom is -0.494 e. The van der Waals surface area contributed by atoms with E-state index in [1.807, 2.05) is 19.1 Å². The zero-order chi connectivity index (χ0) is 13.2. The number of ether oxygens (including phenoxy) is 1. The molecule has 2 heteroatoms. The molecule has 2 nitrogen and oxygen atoms in total. The molecular weight excluding hydrogens is 224 g/mol. The average Bonchev–Trinajstić information content (AvgIpc) is 2.41. The maximum atomic E-state index is 11.1. The smallest absolute Gasteiger partial charge is 0.132 e. The second-order valence-corrected chi connectivity index (χ2v) is 4.60. The van der Waals surface area contributed by atoms with Crippen molar-refractivity contribution < 1.29 is 9.53 Å². The Morgan fingerprint density at radius 3 is 2.78 bits per heavy atom. The Kier molecular flexibility index (Phi) is 7.16. The number of ketones is 1. The molecule has 0 heterocycles. The molecule has 1 aromatic rings. The molecule has 0 fully saturated rings.